The van der Waals surface area contributed by atoms with Crippen molar-refractivity contribution in [1.29, 1.82) is 0 Å². The molecule has 1 heterocycles. The minimum absolute atomic E-state index is 0.0317. The molecule has 1 aliphatic carbocycles. The summed E-state index contributed by atoms with van der Waals surface area (Å²) >= 11 is 0. The fourth-order valence-electron chi connectivity index (χ4n) is 4.76. The zero-order chi connectivity index (χ0) is 22.6. The molecule has 1 N–H and O–H groups in total. The summed E-state index contributed by atoms with van der Waals surface area (Å²) in [5, 5.41) is 3.17. The fourth-order valence-corrected chi connectivity index (χ4v) is 6.23. The Morgan fingerprint density at radius 1 is 1.06 bits per heavy atom. The lowest BCUT2D eigenvalue weighted by atomic mass is 9.80. The molecule has 2 fully saturated rings. The van der Waals surface area contributed by atoms with E-state index in [-0.39, 0.29) is 28.0 Å². The van der Waals surface area contributed by atoms with Gasteiger partial charge in [-0.05, 0) is 58.8 Å². The first kappa shape index (κ1) is 23.9. The number of hydrogen-bond acceptors (Lipinski definition) is 5. The van der Waals surface area contributed by atoms with Gasteiger partial charge in [0, 0.05) is 36.7 Å². The molecule has 2 aliphatic rings. The Morgan fingerprint density at radius 3 is 2.16 bits per heavy atom. The van der Waals surface area contributed by atoms with E-state index in [0.717, 1.165) is 12.8 Å². The third-order valence-corrected chi connectivity index (χ3v) is 8.96. The van der Waals surface area contributed by atoms with Crippen LogP contribution in [-0.4, -0.2) is 68.6 Å². The van der Waals surface area contributed by atoms with E-state index in [2.05, 4.69) is 24.3 Å². The van der Waals surface area contributed by atoms with Crippen LogP contribution in [0.3, 0.4) is 0 Å². The summed E-state index contributed by atoms with van der Waals surface area (Å²) in [6.07, 6.45) is 6.87. The highest BCUT2D eigenvalue weighted by Crippen LogP contribution is 2.32. The number of rotatable bonds is 7. The summed E-state index contributed by atoms with van der Waals surface area (Å²) in [6.45, 7) is 2.76. The molecule has 7 nitrogen and oxygen atoms in total. The standard InChI is InChI=1S/C23H35N3O4S/c1-18(27)19-7-9-21(10-8-19)31(29,30)26-15-11-20(12-16-26)22(28)24-17-23(25(2)3)13-5-4-6-14-23/h7-10,20H,4-6,11-17H2,1-3H3,(H,24,28). The molecule has 0 radical (unpaired) electrons. The number of ketones is 1. The van der Waals surface area contributed by atoms with E-state index in [0.29, 0.717) is 38.0 Å². The van der Waals surface area contributed by atoms with E-state index < -0.39 is 10.0 Å². The molecule has 0 unspecified atom stereocenters. The van der Waals surface area contributed by atoms with Gasteiger partial charge in [-0.1, -0.05) is 31.4 Å². The van der Waals surface area contributed by atoms with Crippen LogP contribution in [-0.2, 0) is 14.8 Å². The number of piperidine rings is 1. The molecule has 3 rings (SSSR count). The zero-order valence-electron chi connectivity index (χ0n) is 18.9. The van der Waals surface area contributed by atoms with Gasteiger partial charge in [0.1, 0.15) is 0 Å². The first-order chi connectivity index (χ1) is 14.7. The van der Waals surface area contributed by atoms with E-state index >= 15 is 0 Å². The van der Waals surface area contributed by atoms with Gasteiger partial charge in [-0.15, -0.1) is 0 Å². The Hall–Kier alpha value is -1.77. The van der Waals surface area contributed by atoms with Crippen LogP contribution in [0.25, 0.3) is 0 Å². The summed E-state index contributed by atoms with van der Waals surface area (Å²) < 4.78 is 27.3. The van der Waals surface area contributed by atoms with Gasteiger partial charge in [-0.3, -0.25) is 9.59 Å². The molecule has 0 atom stereocenters. The van der Waals surface area contributed by atoms with Gasteiger partial charge in [0.15, 0.2) is 5.78 Å². The Bertz CT molecular complexity index is 882. The van der Waals surface area contributed by atoms with Gasteiger partial charge in [-0.2, -0.15) is 4.31 Å². The highest BCUT2D eigenvalue weighted by molar-refractivity contribution is 7.89. The van der Waals surface area contributed by atoms with Crippen LogP contribution in [0, 0.1) is 5.92 Å². The van der Waals surface area contributed by atoms with Crippen molar-refractivity contribution in [3.05, 3.63) is 29.8 Å². The quantitative estimate of drug-likeness (QED) is 0.647. The predicted molar refractivity (Wildman–Crippen MR) is 120 cm³/mol. The molecule has 1 saturated carbocycles. The highest BCUT2D eigenvalue weighted by Gasteiger charge is 2.36. The average molecular weight is 450 g/mol. The lowest BCUT2D eigenvalue weighted by Gasteiger charge is -2.43. The minimum Gasteiger partial charge on any atom is -0.354 e. The lowest BCUT2D eigenvalue weighted by Crippen LogP contribution is -2.55. The first-order valence-electron chi connectivity index (χ1n) is 11.2. The van der Waals surface area contributed by atoms with Crippen molar-refractivity contribution in [2.45, 2.75) is 62.3 Å². The van der Waals surface area contributed by atoms with E-state index in [1.165, 1.54) is 42.6 Å². The molecular weight excluding hydrogens is 414 g/mol. The number of carbonyl (C=O) groups is 2. The van der Waals surface area contributed by atoms with Crippen molar-refractivity contribution in [2.75, 3.05) is 33.7 Å². The number of likely N-dealkylation sites (N-methyl/N-ethyl adjacent to an activating group) is 1. The maximum Gasteiger partial charge on any atom is 0.243 e. The first-order valence-corrected chi connectivity index (χ1v) is 12.7. The van der Waals surface area contributed by atoms with Crippen molar-refractivity contribution in [3.63, 3.8) is 0 Å². The van der Waals surface area contributed by atoms with Crippen molar-refractivity contribution >= 4 is 21.7 Å². The van der Waals surface area contributed by atoms with Crippen molar-refractivity contribution in [1.82, 2.24) is 14.5 Å². The van der Waals surface area contributed by atoms with Crippen molar-refractivity contribution < 1.29 is 18.0 Å². The normalized spacial score (nSPS) is 20.5. The molecule has 0 bridgehead atoms. The molecule has 1 aromatic carbocycles. The number of Topliss-reactive ketones (excluding diaryl/α,β-unsaturated/α-hetero) is 1. The molecular formula is C23H35N3O4S. The van der Waals surface area contributed by atoms with Crippen LogP contribution in [0.5, 0.6) is 0 Å². The number of amides is 1. The molecule has 1 saturated heterocycles. The van der Waals surface area contributed by atoms with Gasteiger partial charge >= 0.3 is 0 Å². The zero-order valence-corrected chi connectivity index (χ0v) is 19.7. The topological polar surface area (TPSA) is 86.8 Å². The predicted octanol–water partition coefficient (Wildman–Crippen LogP) is 2.67. The van der Waals surface area contributed by atoms with E-state index in [1.54, 1.807) is 12.1 Å². The number of hydrogen-bond donors (Lipinski definition) is 1. The smallest absolute Gasteiger partial charge is 0.243 e. The van der Waals surface area contributed by atoms with Crippen LogP contribution < -0.4 is 5.32 Å². The molecule has 0 aromatic heterocycles. The fraction of sp³-hybridized carbons (Fsp3) is 0.652. The number of carbonyl (C=O) groups excluding carboxylic acids is 2. The Balaban J connectivity index is 1.56. The van der Waals surface area contributed by atoms with E-state index in [4.69, 9.17) is 0 Å². The molecule has 0 spiro atoms. The van der Waals surface area contributed by atoms with Gasteiger partial charge in [0.2, 0.25) is 15.9 Å². The monoisotopic (exact) mass is 449 g/mol. The Morgan fingerprint density at radius 2 is 1.65 bits per heavy atom. The summed E-state index contributed by atoms with van der Waals surface area (Å²) in [5.74, 6) is -0.218. The number of nitrogens with one attached hydrogen (secondary N) is 1. The van der Waals surface area contributed by atoms with E-state index in [9.17, 15) is 18.0 Å². The molecule has 1 aromatic rings. The number of benzene rings is 1. The van der Waals surface area contributed by atoms with Gasteiger partial charge < -0.3 is 10.2 Å². The number of nitrogens with zero attached hydrogens (tertiary/aromatic N) is 2. The second-order valence-electron chi connectivity index (χ2n) is 9.16. The largest absolute Gasteiger partial charge is 0.354 e. The molecule has 1 aliphatic heterocycles. The summed E-state index contributed by atoms with van der Waals surface area (Å²) in [5.41, 5.74) is 0.520. The summed E-state index contributed by atoms with van der Waals surface area (Å²) in [7, 11) is 0.554. The third-order valence-electron chi connectivity index (χ3n) is 7.05. The van der Waals surface area contributed by atoms with Crippen LogP contribution in [0.2, 0.25) is 0 Å². The molecule has 172 valence electrons. The lowest BCUT2D eigenvalue weighted by molar-refractivity contribution is -0.126. The van der Waals surface area contributed by atoms with Gasteiger partial charge in [-0.25, -0.2) is 8.42 Å². The van der Waals surface area contributed by atoms with E-state index in [1.807, 2.05) is 0 Å². The van der Waals surface area contributed by atoms with Crippen LogP contribution >= 0.6 is 0 Å². The second kappa shape index (κ2) is 9.79. The van der Waals surface area contributed by atoms with Gasteiger partial charge in [0.05, 0.1) is 4.90 Å². The van der Waals surface area contributed by atoms with Crippen molar-refractivity contribution in [3.8, 4) is 0 Å². The SMILES string of the molecule is CC(=O)c1ccc(S(=O)(=O)N2CCC(C(=O)NCC3(N(C)C)CCCCC3)CC2)cc1. The highest BCUT2D eigenvalue weighted by atomic mass is 32.2. The maximum atomic E-state index is 12.9. The summed E-state index contributed by atoms with van der Waals surface area (Å²) in [4.78, 5) is 26.7. The molecule has 31 heavy (non-hydrogen) atoms. The second-order valence-corrected chi connectivity index (χ2v) is 11.1. The Kier molecular flexibility index (Phi) is 7.55. The Labute approximate surface area is 186 Å². The van der Waals surface area contributed by atoms with Gasteiger partial charge in [0.25, 0.3) is 0 Å². The minimum atomic E-state index is -3.62. The van der Waals surface area contributed by atoms with Crippen LogP contribution in [0.1, 0.15) is 62.2 Å². The average Bonchev–Trinajstić information content (AvgIpc) is 2.78. The number of sulfonamides is 1. The van der Waals surface area contributed by atoms with Crippen molar-refractivity contribution in [2.24, 2.45) is 5.92 Å². The third kappa shape index (κ3) is 5.35. The molecule has 1 amide bonds. The maximum absolute atomic E-state index is 12.9. The van der Waals surface area contributed by atoms with Crippen LogP contribution in [0.15, 0.2) is 29.2 Å². The summed E-state index contributed by atoms with van der Waals surface area (Å²) in [6, 6.07) is 6.05. The van der Waals surface area contributed by atoms with Crippen LogP contribution in [0.4, 0.5) is 0 Å². The molecule has 8 heteroatoms.